The highest BCUT2D eigenvalue weighted by atomic mass is 16.2. The molecule has 3 rings (SSSR count). The summed E-state index contributed by atoms with van der Waals surface area (Å²) in [5.74, 6) is -0.181. The van der Waals surface area contributed by atoms with Crippen molar-refractivity contribution < 1.29 is 4.79 Å². The van der Waals surface area contributed by atoms with Crippen molar-refractivity contribution in [1.82, 2.24) is 14.4 Å². The Balaban J connectivity index is 2.03. The third-order valence-electron chi connectivity index (χ3n) is 5.00. The molecule has 160 valence electrons. The summed E-state index contributed by atoms with van der Waals surface area (Å²) in [4.78, 5) is 30.2. The molecule has 2 aromatic carbocycles. The predicted molar refractivity (Wildman–Crippen MR) is 126 cm³/mol. The largest absolute Gasteiger partial charge is 0.332 e. The first-order valence-electron chi connectivity index (χ1n) is 10.4. The van der Waals surface area contributed by atoms with E-state index in [0.29, 0.717) is 18.8 Å². The maximum atomic E-state index is 13.8. The summed E-state index contributed by atoms with van der Waals surface area (Å²) < 4.78 is 1.43. The number of hydrogen-bond donors (Lipinski definition) is 0. The molecule has 5 heteroatoms. The van der Waals surface area contributed by atoms with Crippen LogP contribution in [0.4, 0.5) is 0 Å². The zero-order valence-corrected chi connectivity index (χ0v) is 18.4. The SMILES string of the molecule is Cc1ccc(/C=C(\C(=O)N(CCN(C)C)Cc2ccccc2)n2ccccc2=O)cc1. The van der Waals surface area contributed by atoms with E-state index in [1.807, 2.05) is 80.5 Å². The van der Waals surface area contributed by atoms with Crippen molar-refractivity contribution in [2.75, 3.05) is 27.2 Å². The van der Waals surface area contributed by atoms with Gasteiger partial charge in [-0.15, -0.1) is 0 Å². The molecule has 0 fully saturated rings. The van der Waals surface area contributed by atoms with Crippen LogP contribution in [0.5, 0.6) is 0 Å². The quantitative estimate of drug-likeness (QED) is 0.527. The Morgan fingerprint density at radius 2 is 1.58 bits per heavy atom. The molecule has 0 aliphatic carbocycles. The van der Waals surface area contributed by atoms with Crippen molar-refractivity contribution in [3.63, 3.8) is 0 Å². The molecule has 0 saturated heterocycles. The molecule has 0 bridgehead atoms. The lowest BCUT2D eigenvalue weighted by molar-refractivity contribution is -0.126. The molecule has 0 radical (unpaired) electrons. The van der Waals surface area contributed by atoms with E-state index in [1.165, 1.54) is 10.6 Å². The number of carbonyl (C=O) groups is 1. The first-order chi connectivity index (χ1) is 14.9. The molecule has 5 nitrogen and oxygen atoms in total. The van der Waals surface area contributed by atoms with Crippen molar-refractivity contribution in [2.45, 2.75) is 13.5 Å². The van der Waals surface area contributed by atoms with Crippen molar-refractivity contribution in [2.24, 2.45) is 0 Å². The molecule has 0 atom stereocenters. The number of carbonyl (C=O) groups excluding carboxylic acids is 1. The van der Waals surface area contributed by atoms with Gasteiger partial charge in [0.2, 0.25) is 0 Å². The fourth-order valence-corrected chi connectivity index (χ4v) is 3.22. The number of nitrogens with zero attached hydrogens (tertiary/aromatic N) is 3. The second-order valence-corrected chi connectivity index (χ2v) is 7.86. The second kappa shape index (κ2) is 10.5. The molecule has 0 aliphatic heterocycles. The van der Waals surface area contributed by atoms with Gasteiger partial charge in [-0.1, -0.05) is 66.2 Å². The molecule has 0 N–H and O–H groups in total. The van der Waals surface area contributed by atoms with Crippen LogP contribution in [0.15, 0.2) is 83.8 Å². The zero-order valence-electron chi connectivity index (χ0n) is 18.4. The Morgan fingerprint density at radius 3 is 2.23 bits per heavy atom. The minimum Gasteiger partial charge on any atom is -0.332 e. The summed E-state index contributed by atoms with van der Waals surface area (Å²) >= 11 is 0. The highest BCUT2D eigenvalue weighted by Gasteiger charge is 2.21. The van der Waals surface area contributed by atoms with Gasteiger partial charge in [0.15, 0.2) is 0 Å². The lowest BCUT2D eigenvalue weighted by Gasteiger charge is -2.26. The van der Waals surface area contributed by atoms with Crippen LogP contribution in [0, 0.1) is 6.92 Å². The number of likely N-dealkylation sites (N-methyl/N-ethyl adjacent to an activating group) is 1. The summed E-state index contributed by atoms with van der Waals surface area (Å²) in [5, 5.41) is 0. The molecule has 3 aromatic rings. The second-order valence-electron chi connectivity index (χ2n) is 7.86. The molecule has 0 aliphatic rings. The Kier molecular flexibility index (Phi) is 7.57. The van der Waals surface area contributed by atoms with E-state index in [-0.39, 0.29) is 11.5 Å². The minimum atomic E-state index is -0.235. The molecule has 31 heavy (non-hydrogen) atoms. The number of aryl methyl sites for hydroxylation is 1. The van der Waals surface area contributed by atoms with Gasteiger partial charge in [-0.2, -0.15) is 0 Å². The van der Waals surface area contributed by atoms with Crippen LogP contribution >= 0.6 is 0 Å². The average molecular weight is 416 g/mol. The molecular weight excluding hydrogens is 386 g/mol. The monoisotopic (exact) mass is 415 g/mol. The standard InChI is InChI=1S/C26H29N3O2/c1-21-12-14-22(15-13-21)19-24(29-16-8-7-11-25(29)30)26(31)28(18-17-27(2)3)20-23-9-5-4-6-10-23/h4-16,19H,17-18,20H2,1-3H3/b24-19+. The van der Waals surface area contributed by atoms with E-state index in [1.54, 1.807) is 29.3 Å². The van der Waals surface area contributed by atoms with E-state index in [4.69, 9.17) is 0 Å². The van der Waals surface area contributed by atoms with Gasteiger partial charge in [0.25, 0.3) is 11.5 Å². The zero-order chi connectivity index (χ0) is 22.2. The van der Waals surface area contributed by atoms with Gasteiger partial charge < -0.3 is 9.80 Å². The van der Waals surface area contributed by atoms with Crippen molar-refractivity contribution in [3.8, 4) is 0 Å². The Morgan fingerprint density at radius 1 is 0.903 bits per heavy atom. The molecule has 0 saturated carbocycles. The van der Waals surface area contributed by atoms with Crippen molar-refractivity contribution in [1.29, 1.82) is 0 Å². The summed E-state index contributed by atoms with van der Waals surface area (Å²) in [6, 6.07) is 22.7. The lowest BCUT2D eigenvalue weighted by atomic mass is 10.1. The number of amides is 1. The summed E-state index contributed by atoms with van der Waals surface area (Å²) in [6.45, 7) is 3.76. The van der Waals surface area contributed by atoms with Crippen LogP contribution in [0.1, 0.15) is 16.7 Å². The third-order valence-corrected chi connectivity index (χ3v) is 5.00. The van der Waals surface area contributed by atoms with E-state index in [2.05, 4.69) is 0 Å². The average Bonchev–Trinajstić information content (AvgIpc) is 2.77. The van der Waals surface area contributed by atoms with E-state index in [9.17, 15) is 9.59 Å². The Labute approximate surface area is 183 Å². The van der Waals surface area contributed by atoms with Gasteiger partial charge >= 0.3 is 0 Å². The molecule has 0 spiro atoms. The summed E-state index contributed by atoms with van der Waals surface area (Å²) in [6.07, 6.45) is 3.43. The molecule has 1 aromatic heterocycles. The number of hydrogen-bond acceptors (Lipinski definition) is 3. The van der Waals surface area contributed by atoms with Crippen LogP contribution in [-0.2, 0) is 11.3 Å². The normalized spacial score (nSPS) is 11.5. The highest BCUT2D eigenvalue weighted by Crippen LogP contribution is 2.16. The van der Waals surface area contributed by atoms with Gasteiger partial charge in [-0.3, -0.25) is 14.2 Å². The number of rotatable bonds is 8. The molecular formula is C26H29N3O2. The first kappa shape index (κ1) is 22.2. The summed E-state index contributed by atoms with van der Waals surface area (Å²) in [7, 11) is 3.96. The topological polar surface area (TPSA) is 45.6 Å². The van der Waals surface area contributed by atoms with Crippen LogP contribution in [0.3, 0.4) is 0 Å². The summed E-state index contributed by atoms with van der Waals surface area (Å²) in [5.41, 5.74) is 3.16. The van der Waals surface area contributed by atoms with Gasteiger partial charge in [0, 0.05) is 31.9 Å². The van der Waals surface area contributed by atoms with Crippen LogP contribution < -0.4 is 5.56 Å². The van der Waals surface area contributed by atoms with E-state index >= 15 is 0 Å². The fourth-order valence-electron chi connectivity index (χ4n) is 3.22. The number of pyridine rings is 1. The first-order valence-corrected chi connectivity index (χ1v) is 10.4. The fraction of sp³-hybridized carbons (Fsp3) is 0.231. The van der Waals surface area contributed by atoms with Crippen LogP contribution in [0.25, 0.3) is 11.8 Å². The van der Waals surface area contributed by atoms with Gasteiger partial charge in [0.1, 0.15) is 5.70 Å². The van der Waals surface area contributed by atoms with Crippen LogP contribution in [0.2, 0.25) is 0 Å². The molecule has 1 heterocycles. The van der Waals surface area contributed by atoms with Crippen LogP contribution in [-0.4, -0.2) is 47.5 Å². The highest BCUT2D eigenvalue weighted by molar-refractivity contribution is 6.18. The van der Waals surface area contributed by atoms with Gasteiger partial charge in [-0.25, -0.2) is 0 Å². The number of benzene rings is 2. The third kappa shape index (κ3) is 6.27. The van der Waals surface area contributed by atoms with E-state index in [0.717, 1.165) is 23.2 Å². The van der Waals surface area contributed by atoms with Gasteiger partial charge in [-0.05, 0) is 44.3 Å². The maximum absolute atomic E-state index is 13.8. The molecule has 0 unspecified atom stereocenters. The van der Waals surface area contributed by atoms with Gasteiger partial charge in [0.05, 0.1) is 0 Å². The van der Waals surface area contributed by atoms with E-state index < -0.39 is 0 Å². The van der Waals surface area contributed by atoms with Crippen molar-refractivity contribution in [3.05, 3.63) is 106 Å². The number of aromatic nitrogens is 1. The minimum absolute atomic E-state index is 0.181. The predicted octanol–water partition coefficient (Wildman–Crippen LogP) is 3.75. The maximum Gasteiger partial charge on any atom is 0.271 e. The smallest absolute Gasteiger partial charge is 0.271 e. The van der Waals surface area contributed by atoms with Crippen molar-refractivity contribution >= 4 is 17.7 Å². The lowest BCUT2D eigenvalue weighted by Crippen LogP contribution is -2.39. The molecule has 1 amide bonds. The Hall–Kier alpha value is -3.44. The Bertz CT molecular complexity index is 1080.